The molecule has 0 saturated carbocycles. The van der Waals surface area contributed by atoms with Crippen molar-refractivity contribution >= 4 is 37.8 Å². The molecule has 10 heavy (non-hydrogen) atoms. The van der Waals surface area contributed by atoms with Crippen LogP contribution in [0.5, 0.6) is 0 Å². The lowest BCUT2D eigenvalue weighted by Crippen LogP contribution is -2.03. The highest BCUT2D eigenvalue weighted by Gasteiger charge is 1.92. The molecule has 0 atom stereocenters. The molecule has 0 aliphatic heterocycles. The summed E-state index contributed by atoms with van der Waals surface area (Å²) in [5, 5.41) is 1.36. The minimum Gasteiger partial charge on any atom is -0.465 e. The first-order valence-electron chi connectivity index (χ1n) is 3.00. The maximum atomic E-state index is 10.1. The van der Waals surface area contributed by atoms with Crippen molar-refractivity contribution in [2.45, 2.75) is 13.8 Å². The first kappa shape index (κ1) is 13.1. The standard InChI is InChI=1S/C4H7BrO2.C2H5Br/c1-2-7-4(6)3-5;1-2-3/h2-3H2,1H3;2H2,1H3. The van der Waals surface area contributed by atoms with Gasteiger partial charge in [-0.15, -0.1) is 0 Å². The van der Waals surface area contributed by atoms with Crippen LogP contribution < -0.4 is 0 Å². The molecule has 0 spiro atoms. The van der Waals surface area contributed by atoms with Crippen molar-refractivity contribution in [1.82, 2.24) is 0 Å². The molecule has 0 saturated heterocycles. The predicted octanol–water partition coefficient (Wildman–Crippen LogP) is 2.35. The van der Waals surface area contributed by atoms with Gasteiger partial charge in [0.15, 0.2) is 0 Å². The van der Waals surface area contributed by atoms with Gasteiger partial charge in [-0.05, 0) is 6.92 Å². The maximum Gasteiger partial charge on any atom is 0.316 e. The second kappa shape index (κ2) is 12.1. The van der Waals surface area contributed by atoms with Crippen molar-refractivity contribution in [3.05, 3.63) is 0 Å². The average Bonchev–Trinajstić information content (AvgIpc) is 1.90. The molecule has 0 aromatic heterocycles. The minimum absolute atomic E-state index is 0.206. The number of ether oxygens (including phenoxy) is 1. The Hall–Kier alpha value is 0.430. The minimum atomic E-state index is -0.206. The predicted molar refractivity (Wildman–Crippen MR) is 49.9 cm³/mol. The zero-order chi connectivity index (χ0) is 8.41. The Balaban J connectivity index is 0. The van der Waals surface area contributed by atoms with Gasteiger partial charge in [-0.1, -0.05) is 38.8 Å². The van der Waals surface area contributed by atoms with Gasteiger partial charge < -0.3 is 4.74 Å². The summed E-state index contributed by atoms with van der Waals surface area (Å²) >= 11 is 6.09. The number of alkyl halides is 2. The second-order valence-electron chi connectivity index (χ2n) is 1.21. The number of hydrogen-bond donors (Lipinski definition) is 0. The number of rotatable bonds is 2. The molecule has 0 rings (SSSR count). The fraction of sp³-hybridized carbons (Fsp3) is 0.833. The summed E-state index contributed by atoms with van der Waals surface area (Å²) in [5.41, 5.74) is 0. The summed E-state index contributed by atoms with van der Waals surface area (Å²) in [6.07, 6.45) is 0. The lowest BCUT2D eigenvalue weighted by molar-refractivity contribution is -0.139. The highest BCUT2D eigenvalue weighted by Crippen LogP contribution is 1.82. The third-order valence-electron chi connectivity index (χ3n) is 0.414. The third-order valence-corrected chi connectivity index (χ3v) is 0.872. The molecule has 62 valence electrons. The Bertz CT molecular complexity index is 76.1. The van der Waals surface area contributed by atoms with E-state index in [0.717, 1.165) is 5.33 Å². The third kappa shape index (κ3) is 15.8. The molecule has 0 bridgehead atoms. The molecular weight excluding hydrogens is 264 g/mol. The van der Waals surface area contributed by atoms with Gasteiger partial charge in [0.05, 0.1) is 6.61 Å². The van der Waals surface area contributed by atoms with Crippen LogP contribution in [-0.4, -0.2) is 23.2 Å². The van der Waals surface area contributed by atoms with Crippen LogP contribution in [0.1, 0.15) is 13.8 Å². The van der Waals surface area contributed by atoms with Gasteiger partial charge >= 0.3 is 5.97 Å². The van der Waals surface area contributed by atoms with Gasteiger partial charge in [-0.2, -0.15) is 0 Å². The smallest absolute Gasteiger partial charge is 0.316 e. The fourth-order valence-corrected chi connectivity index (χ4v) is 0.361. The van der Waals surface area contributed by atoms with Crippen molar-refractivity contribution in [2.24, 2.45) is 0 Å². The first-order chi connectivity index (χ1) is 4.72. The Labute approximate surface area is 78.6 Å². The number of carbonyl (C=O) groups excluding carboxylic acids is 1. The largest absolute Gasteiger partial charge is 0.465 e. The summed E-state index contributed by atoms with van der Waals surface area (Å²) in [4.78, 5) is 10.1. The zero-order valence-corrected chi connectivity index (χ0v) is 9.37. The maximum absolute atomic E-state index is 10.1. The summed E-state index contributed by atoms with van der Waals surface area (Å²) in [6, 6.07) is 0. The molecule has 0 aromatic rings. The van der Waals surface area contributed by atoms with Gasteiger partial charge in [0.25, 0.3) is 0 Å². The molecule has 0 N–H and O–H groups in total. The SMILES string of the molecule is CCBr.CCOC(=O)CBr. The quantitative estimate of drug-likeness (QED) is 0.571. The van der Waals surface area contributed by atoms with E-state index in [-0.39, 0.29) is 5.97 Å². The van der Waals surface area contributed by atoms with Crippen LogP contribution in [0.2, 0.25) is 0 Å². The highest BCUT2D eigenvalue weighted by atomic mass is 79.9. The Morgan fingerprint density at radius 2 is 1.80 bits per heavy atom. The van der Waals surface area contributed by atoms with E-state index in [1.54, 1.807) is 6.92 Å². The van der Waals surface area contributed by atoms with Crippen LogP contribution in [0.4, 0.5) is 0 Å². The zero-order valence-electron chi connectivity index (χ0n) is 6.19. The van der Waals surface area contributed by atoms with Crippen LogP contribution in [-0.2, 0) is 9.53 Å². The normalized spacial score (nSPS) is 7.60. The van der Waals surface area contributed by atoms with Gasteiger partial charge in [0.2, 0.25) is 0 Å². The summed E-state index contributed by atoms with van der Waals surface area (Å²) < 4.78 is 4.51. The van der Waals surface area contributed by atoms with Gasteiger partial charge in [-0.3, -0.25) is 4.79 Å². The van der Waals surface area contributed by atoms with Crippen molar-refractivity contribution in [3.63, 3.8) is 0 Å². The molecule has 0 fully saturated rings. The number of carbonyl (C=O) groups is 1. The Kier molecular flexibility index (Phi) is 15.8. The van der Waals surface area contributed by atoms with E-state index in [0.29, 0.717) is 11.9 Å². The molecule has 0 aromatic carbocycles. The Morgan fingerprint density at radius 1 is 1.40 bits per heavy atom. The fourth-order valence-electron chi connectivity index (χ4n) is 0.200. The van der Waals surface area contributed by atoms with Crippen molar-refractivity contribution in [3.8, 4) is 0 Å². The van der Waals surface area contributed by atoms with E-state index in [9.17, 15) is 4.79 Å². The second-order valence-corrected chi connectivity index (χ2v) is 2.89. The monoisotopic (exact) mass is 274 g/mol. The Morgan fingerprint density at radius 3 is 1.90 bits per heavy atom. The molecule has 2 nitrogen and oxygen atoms in total. The molecule has 0 aliphatic rings. The topological polar surface area (TPSA) is 26.3 Å². The molecular formula is C6H12Br2O2. The van der Waals surface area contributed by atoms with E-state index < -0.39 is 0 Å². The number of esters is 1. The van der Waals surface area contributed by atoms with Crippen molar-refractivity contribution in [2.75, 3.05) is 17.3 Å². The van der Waals surface area contributed by atoms with Gasteiger partial charge in [0.1, 0.15) is 5.33 Å². The molecule has 0 aliphatic carbocycles. The molecule has 0 radical (unpaired) electrons. The van der Waals surface area contributed by atoms with Gasteiger partial charge in [0, 0.05) is 5.33 Å². The highest BCUT2D eigenvalue weighted by molar-refractivity contribution is 9.09. The molecule has 0 heterocycles. The van der Waals surface area contributed by atoms with Crippen LogP contribution in [0.3, 0.4) is 0 Å². The molecule has 0 unspecified atom stereocenters. The van der Waals surface area contributed by atoms with E-state index in [1.165, 1.54) is 0 Å². The average molecular weight is 276 g/mol. The summed E-state index contributed by atoms with van der Waals surface area (Å²) in [5.74, 6) is -0.206. The van der Waals surface area contributed by atoms with Crippen LogP contribution in [0.15, 0.2) is 0 Å². The van der Waals surface area contributed by atoms with Crippen LogP contribution in [0.25, 0.3) is 0 Å². The number of halogens is 2. The van der Waals surface area contributed by atoms with E-state index >= 15 is 0 Å². The lowest BCUT2D eigenvalue weighted by atomic mass is 10.8. The molecule has 0 amide bonds. The van der Waals surface area contributed by atoms with E-state index in [4.69, 9.17) is 0 Å². The van der Waals surface area contributed by atoms with Gasteiger partial charge in [-0.25, -0.2) is 0 Å². The van der Waals surface area contributed by atoms with Crippen LogP contribution in [0, 0.1) is 0 Å². The van der Waals surface area contributed by atoms with E-state index in [1.807, 2.05) is 6.92 Å². The van der Waals surface area contributed by atoms with E-state index in [2.05, 4.69) is 36.6 Å². The summed E-state index contributed by atoms with van der Waals surface area (Å²) in [7, 11) is 0. The van der Waals surface area contributed by atoms with Crippen molar-refractivity contribution in [1.29, 1.82) is 0 Å². The van der Waals surface area contributed by atoms with Crippen LogP contribution >= 0.6 is 31.9 Å². The first-order valence-corrected chi connectivity index (χ1v) is 5.24. The lowest BCUT2D eigenvalue weighted by Gasteiger charge is -1.92. The number of hydrogen-bond acceptors (Lipinski definition) is 2. The summed E-state index contributed by atoms with van der Waals surface area (Å²) in [6.45, 7) is 4.28. The van der Waals surface area contributed by atoms with Crippen molar-refractivity contribution < 1.29 is 9.53 Å². The molecule has 4 heteroatoms.